The van der Waals surface area contributed by atoms with Gasteiger partial charge in [0.15, 0.2) is 0 Å². The van der Waals surface area contributed by atoms with Crippen LogP contribution in [0.2, 0.25) is 0 Å². The van der Waals surface area contributed by atoms with Gasteiger partial charge in [-0.3, -0.25) is 19.5 Å². The van der Waals surface area contributed by atoms with Crippen LogP contribution in [0.5, 0.6) is 5.75 Å². The molecule has 1 N–H and O–H groups in total. The topological polar surface area (TPSA) is 79.7 Å². The van der Waals surface area contributed by atoms with E-state index in [1.807, 2.05) is 13.8 Å². The number of ether oxygens (including phenoxy) is 1. The molecule has 0 bridgehead atoms. The number of carbonyl (C=O) groups excluding carboxylic acids is 2. The first kappa shape index (κ1) is 22.1. The summed E-state index contributed by atoms with van der Waals surface area (Å²) in [5.41, 5.74) is -0.0415. The van der Waals surface area contributed by atoms with E-state index in [4.69, 9.17) is 4.74 Å². The van der Waals surface area contributed by atoms with Crippen molar-refractivity contribution < 1.29 is 28.2 Å². The highest BCUT2D eigenvalue weighted by Crippen LogP contribution is 2.42. The third-order valence-electron chi connectivity index (χ3n) is 5.08. The van der Waals surface area contributed by atoms with E-state index < -0.39 is 35.1 Å². The number of aromatic nitrogens is 1. The highest BCUT2D eigenvalue weighted by Gasteiger charge is 2.48. The lowest BCUT2D eigenvalue weighted by molar-refractivity contribution is -0.132. The Balaban J connectivity index is 1.87. The molecule has 168 valence electrons. The lowest BCUT2D eigenvalue weighted by Gasteiger charge is -2.25. The molecule has 8 heteroatoms. The summed E-state index contributed by atoms with van der Waals surface area (Å²) in [6.45, 7) is 3.74. The highest BCUT2D eigenvalue weighted by molar-refractivity contribution is 6.51. The van der Waals surface area contributed by atoms with Crippen molar-refractivity contribution in [3.63, 3.8) is 0 Å². The Hall–Kier alpha value is -4.07. The largest absolute Gasteiger partial charge is 0.507 e. The summed E-state index contributed by atoms with van der Waals surface area (Å²) >= 11 is 0. The second-order valence-corrected chi connectivity index (χ2v) is 7.71. The fourth-order valence-corrected chi connectivity index (χ4v) is 3.69. The Morgan fingerprint density at radius 2 is 1.79 bits per heavy atom. The maximum atomic E-state index is 14.6. The van der Waals surface area contributed by atoms with Gasteiger partial charge in [-0.1, -0.05) is 6.07 Å². The minimum atomic E-state index is -1.21. The van der Waals surface area contributed by atoms with Crippen molar-refractivity contribution in [3.8, 4) is 5.75 Å². The van der Waals surface area contributed by atoms with Crippen LogP contribution in [0.15, 0.2) is 72.4 Å². The summed E-state index contributed by atoms with van der Waals surface area (Å²) in [6, 6.07) is 12.7. The summed E-state index contributed by atoms with van der Waals surface area (Å²) in [7, 11) is 0. The molecule has 33 heavy (non-hydrogen) atoms. The van der Waals surface area contributed by atoms with Gasteiger partial charge in [0, 0.05) is 17.8 Å². The molecule has 0 saturated carbocycles. The van der Waals surface area contributed by atoms with E-state index in [9.17, 15) is 23.5 Å². The number of aliphatic hydroxyl groups excluding tert-OH is 1. The number of benzene rings is 2. The lowest BCUT2D eigenvalue weighted by Crippen LogP contribution is -2.30. The van der Waals surface area contributed by atoms with Gasteiger partial charge < -0.3 is 9.84 Å². The van der Waals surface area contributed by atoms with Crippen LogP contribution < -0.4 is 9.64 Å². The van der Waals surface area contributed by atoms with Gasteiger partial charge in [-0.15, -0.1) is 0 Å². The quantitative estimate of drug-likeness (QED) is 0.344. The molecule has 2 aromatic carbocycles. The molecule has 6 nitrogen and oxygen atoms in total. The molecule has 1 fully saturated rings. The van der Waals surface area contributed by atoms with E-state index in [2.05, 4.69) is 4.98 Å². The van der Waals surface area contributed by atoms with Crippen molar-refractivity contribution in [2.45, 2.75) is 26.0 Å². The molecule has 0 aliphatic carbocycles. The lowest BCUT2D eigenvalue weighted by atomic mass is 9.98. The molecule has 4 rings (SSSR count). The zero-order valence-electron chi connectivity index (χ0n) is 17.8. The van der Waals surface area contributed by atoms with Crippen molar-refractivity contribution in [1.82, 2.24) is 4.98 Å². The average molecular weight is 450 g/mol. The molecule has 1 unspecified atom stereocenters. The van der Waals surface area contributed by atoms with E-state index in [1.54, 1.807) is 42.5 Å². The van der Waals surface area contributed by atoms with Gasteiger partial charge in [0.25, 0.3) is 11.7 Å². The van der Waals surface area contributed by atoms with Gasteiger partial charge in [-0.25, -0.2) is 8.78 Å². The predicted molar refractivity (Wildman–Crippen MR) is 118 cm³/mol. The molecule has 1 aromatic heterocycles. The number of nitrogens with zero attached hydrogens (tertiary/aromatic N) is 2. The summed E-state index contributed by atoms with van der Waals surface area (Å²) in [5.74, 6) is -3.78. The van der Waals surface area contributed by atoms with Gasteiger partial charge in [0.05, 0.1) is 23.1 Å². The second-order valence-electron chi connectivity index (χ2n) is 7.71. The summed E-state index contributed by atoms with van der Waals surface area (Å²) in [4.78, 5) is 31.1. The number of hydrogen-bond donors (Lipinski definition) is 1. The number of amides is 1. The Morgan fingerprint density at radius 3 is 2.39 bits per heavy atom. The van der Waals surface area contributed by atoms with Crippen molar-refractivity contribution in [3.05, 3.63) is 95.3 Å². The molecule has 0 radical (unpaired) electrons. The van der Waals surface area contributed by atoms with Crippen LogP contribution in [0, 0.1) is 11.6 Å². The molecule has 3 aromatic rings. The molecule has 0 spiro atoms. The van der Waals surface area contributed by atoms with Crippen molar-refractivity contribution in [2.24, 2.45) is 0 Å². The minimum Gasteiger partial charge on any atom is -0.507 e. The number of pyridine rings is 1. The Labute approximate surface area is 188 Å². The van der Waals surface area contributed by atoms with Crippen LogP contribution in [-0.4, -0.2) is 27.9 Å². The van der Waals surface area contributed by atoms with Crippen LogP contribution in [0.1, 0.15) is 31.1 Å². The van der Waals surface area contributed by atoms with Crippen LogP contribution in [0.3, 0.4) is 0 Å². The SMILES string of the molecule is CC(C)Oc1ccc(/C(O)=C2\C(=O)C(=O)N(c3ccc(F)cc3F)C2c2ccccn2)cc1. The van der Waals surface area contributed by atoms with E-state index >= 15 is 0 Å². The number of aliphatic hydroxyl groups is 1. The fraction of sp³-hybridized carbons (Fsp3) is 0.160. The molecule has 1 aliphatic heterocycles. The van der Waals surface area contributed by atoms with Crippen molar-refractivity contribution >= 4 is 23.1 Å². The first-order valence-corrected chi connectivity index (χ1v) is 10.2. The third-order valence-corrected chi connectivity index (χ3v) is 5.08. The first-order valence-electron chi connectivity index (χ1n) is 10.2. The van der Waals surface area contributed by atoms with E-state index in [0.717, 1.165) is 17.0 Å². The molecular formula is C25H20F2N2O4. The number of Topliss-reactive ketones (excluding diaryl/α,β-unsaturated/α-hetero) is 1. The maximum Gasteiger partial charge on any atom is 0.300 e. The predicted octanol–water partition coefficient (Wildman–Crippen LogP) is 4.77. The molecular weight excluding hydrogens is 430 g/mol. The van der Waals surface area contributed by atoms with Crippen LogP contribution in [-0.2, 0) is 9.59 Å². The minimum absolute atomic E-state index is 0.0514. The van der Waals surface area contributed by atoms with Crippen LogP contribution in [0.25, 0.3) is 5.76 Å². The van der Waals surface area contributed by atoms with E-state index in [1.165, 1.54) is 6.20 Å². The van der Waals surface area contributed by atoms with E-state index in [-0.39, 0.29) is 28.6 Å². The van der Waals surface area contributed by atoms with E-state index in [0.29, 0.717) is 11.8 Å². The molecule has 2 heterocycles. The van der Waals surface area contributed by atoms with Gasteiger partial charge in [-0.2, -0.15) is 0 Å². The Kier molecular flexibility index (Phi) is 5.91. The van der Waals surface area contributed by atoms with Gasteiger partial charge in [-0.05, 0) is 62.4 Å². The number of hydrogen-bond acceptors (Lipinski definition) is 5. The molecule has 1 atom stereocenters. The van der Waals surface area contributed by atoms with Crippen molar-refractivity contribution in [1.29, 1.82) is 0 Å². The smallest absolute Gasteiger partial charge is 0.300 e. The van der Waals surface area contributed by atoms with Gasteiger partial charge in [0.2, 0.25) is 0 Å². The average Bonchev–Trinajstić information content (AvgIpc) is 3.05. The monoisotopic (exact) mass is 450 g/mol. The molecule has 1 amide bonds. The normalized spacial score (nSPS) is 17.6. The highest BCUT2D eigenvalue weighted by atomic mass is 19.1. The number of rotatable bonds is 5. The van der Waals surface area contributed by atoms with Gasteiger partial charge in [0.1, 0.15) is 29.2 Å². The zero-order chi connectivity index (χ0) is 23.7. The standard InChI is InChI=1S/C25H20F2N2O4/c1-14(2)33-17-9-6-15(7-10-17)23(30)21-22(19-5-3-4-12-28-19)29(25(32)24(21)31)20-11-8-16(26)13-18(20)27/h3-14,22,30H,1-2H3/b23-21+. The number of halogens is 2. The fourth-order valence-electron chi connectivity index (χ4n) is 3.69. The third kappa shape index (κ3) is 4.19. The number of anilines is 1. The van der Waals surface area contributed by atoms with Gasteiger partial charge >= 0.3 is 0 Å². The Morgan fingerprint density at radius 1 is 1.06 bits per heavy atom. The zero-order valence-corrected chi connectivity index (χ0v) is 17.8. The summed E-state index contributed by atoms with van der Waals surface area (Å²) in [5, 5.41) is 11.0. The van der Waals surface area contributed by atoms with Crippen LogP contribution >= 0.6 is 0 Å². The maximum absolute atomic E-state index is 14.6. The molecule has 1 saturated heterocycles. The number of ketones is 1. The van der Waals surface area contributed by atoms with Crippen molar-refractivity contribution in [2.75, 3.05) is 4.90 Å². The summed E-state index contributed by atoms with van der Waals surface area (Å²) in [6.07, 6.45) is 1.40. The summed E-state index contributed by atoms with van der Waals surface area (Å²) < 4.78 is 33.7. The Bertz CT molecular complexity index is 1240. The molecule has 1 aliphatic rings. The number of carbonyl (C=O) groups is 2. The van der Waals surface area contributed by atoms with Crippen LogP contribution in [0.4, 0.5) is 14.5 Å². The second kappa shape index (κ2) is 8.82. The first-order chi connectivity index (χ1) is 15.8.